The van der Waals surface area contributed by atoms with Gasteiger partial charge in [-0.25, -0.2) is 4.98 Å². The zero-order valence-electron chi connectivity index (χ0n) is 10.5. The van der Waals surface area contributed by atoms with E-state index in [1.165, 1.54) is 10.9 Å². The molecule has 0 aliphatic rings. The normalized spacial score (nSPS) is 10.5. The van der Waals surface area contributed by atoms with Crippen molar-refractivity contribution in [2.45, 2.75) is 0 Å². The highest BCUT2D eigenvalue weighted by Crippen LogP contribution is 2.19. The van der Waals surface area contributed by atoms with Gasteiger partial charge in [0.15, 0.2) is 0 Å². The summed E-state index contributed by atoms with van der Waals surface area (Å²) in [5.74, 6) is 0. The van der Waals surface area contributed by atoms with Gasteiger partial charge < -0.3 is 0 Å². The third kappa shape index (κ3) is 2.52. The molecule has 0 unspecified atom stereocenters. The number of aromatic nitrogens is 2. The second-order valence-electron chi connectivity index (χ2n) is 4.36. The highest BCUT2D eigenvalue weighted by atomic mass is 127. The standard InChI is InChI=1S/C15H7ClIN3O/c16-10-1-3-11(4-2-10)20-8-19-14-12(15(20)21)5-9(7-18)6-13(14)17/h1-6,8H. The van der Waals surface area contributed by atoms with Crippen LogP contribution in [0.3, 0.4) is 0 Å². The number of nitriles is 1. The molecule has 21 heavy (non-hydrogen) atoms. The van der Waals surface area contributed by atoms with Crippen LogP contribution in [0.2, 0.25) is 5.02 Å². The Balaban J connectivity index is 2.32. The van der Waals surface area contributed by atoms with Crippen LogP contribution in [0.25, 0.3) is 16.6 Å². The van der Waals surface area contributed by atoms with Crippen LogP contribution in [0.15, 0.2) is 47.5 Å². The van der Waals surface area contributed by atoms with E-state index in [2.05, 4.69) is 33.6 Å². The molecule has 2 aromatic carbocycles. The molecule has 3 rings (SSSR count). The predicted molar refractivity (Wildman–Crippen MR) is 89.8 cm³/mol. The molecular formula is C15H7ClIN3O. The smallest absolute Gasteiger partial charge is 0.265 e. The van der Waals surface area contributed by atoms with Crippen LogP contribution < -0.4 is 5.56 Å². The molecule has 0 atom stereocenters. The monoisotopic (exact) mass is 407 g/mol. The van der Waals surface area contributed by atoms with E-state index in [9.17, 15) is 4.79 Å². The van der Waals surface area contributed by atoms with Crippen LogP contribution in [0.1, 0.15) is 5.56 Å². The summed E-state index contributed by atoms with van der Waals surface area (Å²) < 4.78 is 2.22. The number of rotatable bonds is 1. The lowest BCUT2D eigenvalue weighted by Gasteiger charge is -2.07. The third-order valence-electron chi connectivity index (χ3n) is 3.05. The Bertz CT molecular complexity index is 942. The maximum Gasteiger partial charge on any atom is 0.265 e. The van der Waals surface area contributed by atoms with Gasteiger partial charge in [-0.15, -0.1) is 0 Å². The molecule has 0 N–H and O–H groups in total. The molecule has 1 aromatic heterocycles. The summed E-state index contributed by atoms with van der Waals surface area (Å²) in [5.41, 5.74) is 1.51. The number of fused-ring (bicyclic) bond motifs is 1. The number of benzene rings is 2. The SMILES string of the molecule is N#Cc1cc(I)c2ncn(-c3ccc(Cl)cc3)c(=O)c2c1. The molecule has 3 aromatic rings. The highest BCUT2D eigenvalue weighted by Gasteiger charge is 2.10. The van der Waals surface area contributed by atoms with E-state index in [1.807, 2.05) is 0 Å². The van der Waals surface area contributed by atoms with Gasteiger partial charge in [-0.2, -0.15) is 5.26 Å². The first-order valence-corrected chi connectivity index (χ1v) is 7.43. The molecule has 0 aliphatic heterocycles. The Labute approximate surface area is 138 Å². The average Bonchev–Trinajstić information content (AvgIpc) is 2.49. The fourth-order valence-corrected chi connectivity index (χ4v) is 2.93. The highest BCUT2D eigenvalue weighted by molar-refractivity contribution is 14.1. The summed E-state index contributed by atoms with van der Waals surface area (Å²) in [5, 5.41) is 10.1. The molecule has 0 saturated heterocycles. The van der Waals surface area contributed by atoms with Gasteiger partial charge in [-0.05, 0) is 59.0 Å². The van der Waals surface area contributed by atoms with Crippen LogP contribution in [-0.2, 0) is 0 Å². The summed E-state index contributed by atoms with van der Waals surface area (Å²) in [6.07, 6.45) is 1.49. The van der Waals surface area contributed by atoms with Crippen molar-refractivity contribution in [3.63, 3.8) is 0 Å². The van der Waals surface area contributed by atoms with Gasteiger partial charge in [-0.3, -0.25) is 9.36 Å². The van der Waals surface area contributed by atoms with Gasteiger partial charge in [0.25, 0.3) is 5.56 Å². The van der Waals surface area contributed by atoms with Crippen molar-refractivity contribution in [3.05, 3.63) is 67.2 Å². The van der Waals surface area contributed by atoms with Crippen LogP contribution in [-0.4, -0.2) is 9.55 Å². The molecule has 0 bridgehead atoms. The summed E-state index contributed by atoms with van der Waals surface area (Å²) in [4.78, 5) is 16.9. The summed E-state index contributed by atoms with van der Waals surface area (Å²) in [7, 11) is 0. The number of hydrogen-bond acceptors (Lipinski definition) is 3. The van der Waals surface area contributed by atoms with Crippen molar-refractivity contribution >= 4 is 45.1 Å². The number of nitrogens with zero attached hydrogens (tertiary/aromatic N) is 3. The van der Waals surface area contributed by atoms with Gasteiger partial charge in [0.2, 0.25) is 0 Å². The van der Waals surface area contributed by atoms with Gasteiger partial charge in [0.1, 0.15) is 6.33 Å². The lowest BCUT2D eigenvalue weighted by Crippen LogP contribution is -2.19. The Hall–Kier alpha value is -1.91. The first kappa shape index (κ1) is 14.0. The first-order chi connectivity index (χ1) is 10.1. The minimum Gasteiger partial charge on any atom is -0.268 e. The van der Waals surface area contributed by atoms with E-state index in [4.69, 9.17) is 16.9 Å². The Morgan fingerprint density at radius 2 is 1.95 bits per heavy atom. The van der Waals surface area contributed by atoms with E-state index in [0.29, 0.717) is 27.2 Å². The summed E-state index contributed by atoms with van der Waals surface area (Å²) in [6.45, 7) is 0. The summed E-state index contributed by atoms with van der Waals surface area (Å²) in [6, 6.07) is 12.3. The Kier molecular flexibility index (Phi) is 3.66. The van der Waals surface area contributed by atoms with Gasteiger partial charge in [0.05, 0.1) is 28.2 Å². The quantitative estimate of drug-likeness (QED) is 0.580. The second kappa shape index (κ2) is 5.47. The van der Waals surface area contributed by atoms with Crippen LogP contribution >= 0.6 is 34.2 Å². The predicted octanol–water partition coefficient (Wildman–Crippen LogP) is 3.52. The molecule has 0 radical (unpaired) electrons. The molecule has 1 heterocycles. The summed E-state index contributed by atoms with van der Waals surface area (Å²) >= 11 is 7.93. The molecule has 0 aliphatic carbocycles. The lowest BCUT2D eigenvalue weighted by molar-refractivity contribution is 0.962. The van der Waals surface area contributed by atoms with Crippen molar-refractivity contribution in [1.29, 1.82) is 5.26 Å². The number of halogens is 2. The molecule has 0 spiro atoms. The maximum atomic E-state index is 12.6. The van der Waals surface area contributed by atoms with Crippen LogP contribution in [0.4, 0.5) is 0 Å². The van der Waals surface area contributed by atoms with Crippen LogP contribution in [0.5, 0.6) is 0 Å². The first-order valence-electron chi connectivity index (χ1n) is 5.97. The molecule has 102 valence electrons. The Morgan fingerprint density at radius 3 is 2.62 bits per heavy atom. The van der Waals surface area contributed by atoms with Crippen molar-refractivity contribution in [2.24, 2.45) is 0 Å². The van der Waals surface area contributed by atoms with E-state index >= 15 is 0 Å². The molecule has 6 heteroatoms. The molecule has 4 nitrogen and oxygen atoms in total. The number of hydrogen-bond donors (Lipinski definition) is 0. The van der Waals surface area contributed by atoms with E-state index < -0.39 is 0 Å². The topological polar surface area (TPSA) is 58.7 Å². The minimum atomic E-state index is -0.211. The minimum absolute atomic E-state index is 0.211. The molecule has 0 saturated carbocycles. The van der Waals surface area contributed by atoms with Crippen molar-refractivity contribution in [2.75, 3.05) is 0 Å². The largest absolute Gasteiger partial charge is 0.268 e. The van der Waals surface area contributed by atoms with Gasteiger partial charge in [0, 0.05) is 8.59 Å². The second-order valence-corrected chi connectivity index (χ2v) is 5.96. The average molecular weight is 408 g/mol. The third-order valence-corrected chi connectivity index (χ3v) is 4.12. The fourth-order valence-electron chi connectivity index (χ4n) is 2.04. The molecular weight excluding hydrogens is 401 g/mol. The zero-order valence-corrected chi connectivity index (χ0v) is 13.5. The molecule has 0 fully saturated rings. The maximum absolute atomic E-state index is 12.6. The van der Waals surface area contributed by atoms with Gasteiger partial charge in [-0.1, -0.05) is 11.6 Å². The van der Waals surface area contributed by atoms with Crippen molar-refractivity contribution in [3.8, 4) is 11.8 Å². The van der Waals surface area contributed by atoms with Crippen molar-refractivity contribution in [1.82, 2.24) is 9.55 Å². The van der Waals surface area contributed by atoms with Crippen LogP contribution in [0, 0.1) is 14.9 Å². The zero-order chi connectivity index (χ0) is 15.0. The van der Waals surface area contributed by atoms with E-state index in [-0.39, 0.29) is 5.56 Å². The lowest BCUT2D eigenvalue weighted by atomic mass is 10.1. The fraction of sp³-hybridized carbons (Fsp3) is 0. The van der Waals surface area contributed by atoms with E-state index in [0.717, 1.165) is 3.57 Å². The van der Waals surface area contributed by atoms with Gasteiger partial charge >= 0.3 is 0 Å². The Morgan fingerprint density at radius 1 is 1.24 bits per heavy atom. The molecule has 0 amide bonds. The van der Waals surface area contributed by atoms with Crippen molar-refractivity contribution < 1.29 is 0 Å². The van der Waals surface area contributed by atoms with E-state index in [1.54, 1.807) is 36.4 Å².